The highest BCUT2D eigenvalue weighted by Gasteiger charge is 2.42. The van der Waals surface area contributed by atoms with Gasteiger partial charge in [0.1, 0.15) is 0 Å². The van der Waals surface area contributed by atoms with Crippen LogP contribution in [0.25, 0.3) is 0 Å². The number of carboxylic acids is 1. The number of hydrogen-bond donors (Lipinski definition) is 2. The molecule has 1 amide bonds. The predicted molar refractivity (Wildman–Crippen MR) is 76.3 cm³/mol. The molecule has 0 aromatic rings. The third kappa shape index (κ3) is 4.47. The first kappa shape index (κ1) is 17.0. The van der Waals surface area contributed by atoms with E-state index >= 15 is 0 Å². The monoisotopic (exact) mass is 285 g/mol. The maximum absolute atomic E-state index is 12.2. The van der Waals surface area contributed by atoms with Crippen molar-refractivity contribution in [1.82, 2.24) is 5.32 Å². The molecule has 0 aromatic heterocycles. The summed E-state index contributed by atoms with van der Waals surface area (Å²) in [5.74, 6) is -1.62. The summed E-state index contributed by atoms with van der Waals surface area (Å²) in [7, 11) is 0. The molecule has 5 heteroatoms. The quantitative estimate of drug-likeness (QED) is 0.750. The molecule has 0 saturated heterocycles. The number of carbonyl (C=O) groups is 2. The van der Waals surface area contributed by atoms with E-state index in [9.17, 15) is 14.7 Å². The summed E-state index contributed by atoms with van der Waals surface area (Å²) in [6, 6.07) is 0. The van der Waals surface area contributed by atoms with Crippen LogP contribution in [0.1, 0.15) is 47.0 Å². The van der Waals surface area contributed by atoms with E-state index in [0.717, 1.165) is 6.42 Å². The number of amides is 1. The molecule has 3 atom stereocenters. The molecule has 0 aliphatic heterocycles. The molecule has 1 fully saturated rings. The average Bonchev–Trinajstić information content (AvgIpc) is 2.80. The van der Waals surface area contributed by atoms with Gasteiger partial charge in [0, 0.05) is 13.2 Å². The Morgan fingerprint density at radius 2 is 1.85 bits per heavy atom. The zero-order valence-corrected chi connectivity index (χ0v) is 12.9. The van der Waals surface area contributed by atoms with Crippen LogP contribution in [0.15, 0.2) is 0 Å². The fraction of sp³-hybridized carbons (Fsp3) is 0.867. The van der Waals surface area contributed by atoms with Crippen molar-refractivity contribution in [1.29, 1.82) is 0 Å². The van der Waals surface area contributed by atoms with Crippen molar-refractivity contribution >= 4 is 11.9 Å². The molecule has 1 saturated carbocycles. The number of ether oxygens (including phenoxy) is 1. The molecule has 0 spiro atoms. The molecular formula is C15H27NO4. The van der Waals surface area contributed by atoms with E-state index in [1.54, 1.807) is 0 Å². The maximum atomic E-state index is 12.2. The van der Waals surface area contributed by atoms with Gasteiger partial charge in [-0.2, -0.15) is 0 Å². The summed E-state index contributed by atoms with van der Waals surface area (Å²) < 4.78 is 5.53. The van der Waals surface area contributed by atoms with Crippen LogP contribution < -0.4 is 5.32 Å². The van der Waals surface area contributed by atoms with Crippen molar-refractivity contribution in [3.8, 4) is 0 Å². The Balaban J connectivity index is 2.59. The van der Waals surface area contributed by atoms with E-state index < -0.39 is 23.4 Å². The minimum absolute atomic E-state index is 0.152. The van der Waals surface area contributed by atoms with Gasteiger partial charge in [0.2, 0.25) is 5.91 Å². The van der Waals surface area contributed by atoms with Crippen LogP contribution in [0.4, 0.5) is 0 Å². The fourth-order valence-corrected chi connectivity index (χ4v) is 2.91. The van der Waals surface area contributed by atoms with Crippen LogP contribution in [-0.2, 0) is 14.3 Å². The zero-order chi connectivity index (χ0) is 15.3. The number of aliphatic carboxylic acids is 1. The number of carbonyl (C=O) groups excluding carboxylic acids is 1. The van der Waals surface area contributed by atoms with Gasteiger partial charge in [-0.15, -0.1) is 0 Å². The SMILES string of the molecule is CCOC(C)(C)CNC(=O)[C@H]1CC(CC)C[C@H]1C(=O)O. The molecule has 20 heavy (non-hydrogen) atoms. The third-order valence-electron chi connectivity index (χ3n) is 4.11. The first-order valence-electron chi connectivity index (χ1n) is 7.45. The first-order chi connectivity index (χ1) is 9.30. The lowest BCUT2D eigenvalue weighted by atomic mass is 9.95. The summed E-state index contributed by atoms with van der Waals surface area (Å²) >= 11 is 0. The maximum Gasteiger partial charge on any atom is 0.307 e. The Hall–Kier alpha value is -1.10. The van der Waals surface area contributed by atoms with Crippen molar-refractivity contribution in [3.63, 3.8) is 0 Å². The minimum atomic E-state index is -0.856. The third-order valence-corrected chi connectivity index (χ3v) is 4.11. The van der Waals surface area contributed by atoms with Crippen molar-refractivity contribution in [3.05, 3.63) is 0 Å². The summed E-state index contributed by atoms with van der Waals surface area (Å²) in [6.07, 6.45) is 2.21. The Morgan fingerprint density at radius 1 is 1.25 bits per heavy atom. The van der Waals surface area contributed by atoms with Gasteiger partial charge in [-0.1, -0.05) is 13.3 Å². The zero-order valence-electron chi connectivity index (χ0n) is 12.9. The Labute approximate surface area is 121 Å². The highest BCUT2D eigenvalue weighted by atomic mass is 16.5. The van der Waals surface area contributed by atoms with Crippen LogP contribution in [0.3, 0.4) is 0 Å². The molecule has 0 radical (unpaired) electrons. The second-order valence-electron chi connectivity index (χ2n) is 6.21. The second kappa shape index (κ2) is 7.07. The minimum Gasteiger partial charge on any atom is -0.481 e. The van der Waals surface area contributed by atoms with Gasteiger partial charge in [-0.3, -0.25) is 9.59 Å². The smallest absolute Gasteiger partial charge is 0.307 e. The van der Waals surface area contributed by atoms with Crippen LogP contribution in [-0.4, -0.2) is 35.7 Å². The van der Waals surface area contributed by atoms with Gasteiger partial charge in [0.25, 0.3) is 0 Å². The topological polar surface area (TPSA) is 75.6 Å². The number of nitrogens with one attached hydrogen (secondary N) is 1. The Kier molecular flexibility index (Phi) is 5.99. The average molecular weight is 285 g/mol. The Morgan fingerprint density at radius 3 is 2.35 bits per heavy atom. The molecule has 2 N–H and O–H groups in total. The van der Waals surface area contributed by atoms with E-state index in [0.29, 0.717) is 31.9 Å². The molecule has 0 bridgehead atoms. The van der Waals surface area contributed by atoms with Gasteiger partial charge in [-0.25, -0.2) is 0 Å². The van der Waals surface area contributed by atoms with Crippen molar-refractivity contribution in [2.75, 3.05) is 13.2 Å². The van der Waals surface area contributed by atoms with Crippen molar-refractivity contribution in [2.45, 2.75) is 52.6 Å². The number of hydrogen-bond acceptors (Lipinski definition) is 3. The van der Waals surface area contributed by atoms with Crippen molar-refractivity contribution in [2.24, 2.45) is 17.8 Å². The Bertz CT molecular complexity index is 354. The van der Waals surface area contributed by atoms with E-state index in [1.165, 1.54) is 0 Å². The number of rotatable bonds is 7. The molecule has 1 aliphatic rings. The van der Waals surface area contributed by atoms with Gasteiger partial charge in [0.05, 0.1) is 17.4 Å². The lowest BCUT2D eigenvalue weighted by Gasteiger charge is -2.26. The molecule has 0 aromatic carbocycles. The van der Waals surface area contributed by atoms with Gasteiger partial charge >= 0.3 is 5.97 Å². The molecule has 0 heterocycles. The number of carboxylic acid groups (broad SMARTS) is 1. The molecule has 1 rings (SSSR count). The summed E-state index contributed by atoms with van der Waals surface area (Å²) in [4.78, 5) is 23.5. The molecule has 1 unspecified atom stereocenters. The standard InChI is InChI=1S/C15H27NO4/c1-5-10-7-11(12(8-10)14(18)19)13(17)16-9-15(3,4)20-6-2/h10-12H,5-9H2,1-4H3,(H,16,17)(H,18,19)/t10?,11-,12+/m0/s1. The molecule has 116 valence electrons. The van der Waals surface area contributed by atoms with Crippen LogP contribution in [0, 0.1) is 17.8 Å². The van der Waals surface area contributed by atoms with Crippen molar-refractivity contribution < 1.29 is 19.4 Å². The van der Waals surface area contributed by atoms with E-state index in [2.05, 4.69) is 5.32 Å². The van der Waals surface area contributed by atoms with Crippen LogP contribution in [0.2, 0.25) is 0 Å². The summed E-state index contributed by atoms with van der Waals surface area (Å²) in [6.45, 7) is 8.76. The lowest BCUT2D eigenvalue weighted by molar-refractivity contribution is -0.146. The lowest BCUT2D eigenvalue weighted by Crippen LogP contribution is -2.44. The summed E-state index contributed by atoms with van der Waals surface area (Å²) in [5, 5.41) is 12.1. The van der Waals surface area contributed by atoms with Gasteiger partial charge in [-0.05, 0) is 39.5 Å². The largest absolute Gasteiger partial charge is 0.481 e. The highest BCUT2D eigenvalue weighted by molar-refractivity contribution is 5.85. The van der Waals surface area contributed by atoms with E-state index in [4.69, 9.17) is 4.74 Å². The first-order valence-corrected chi connectivity index (χ1v) is 7.45. The predicted octanol–water partition coefficient (Wildman–Crippen LogP) is 2.05. The highest BCUT2D eigenvalue weighted by Crippen LogP contribution is 2.38. The fourth-order valence-electron chi connectivity index (χ4n) is 2.91. The normalized spacial score (nSPS) is 26.5. The van der Waals surface area contributed by atoms with E-state index in [-0.39, 0.29) is 5.91 Å². The van der Waals surface area contributed by atoms with E-state index in [1.807, 2.05) is 27.7 Å². The molecular weight excluding hydrogens is 258 g/mol. The summed E-state index contributed by atoms with van der Waals surface area (Å²) in [5.41, 5.74) is -0.425. The van der Waals surface area contributed by atoms with Crippen LogP contribution in [0.5, 0.6) is 0 Å². The second-order valence-corrected chi connectivity index (χ2v) is 6.21. The van der Waals surface area contributed by atoms with Gasteiger partial charge < -0.3 is 15.2 Å². The molecule has 5 nitrogen and oxygen atoms in total. The molecule has 1 aliphatic carbocycles. The van der Waals surface area contributed by atoms with Gasteiger partial charge in [0.15, 0.2) is 0 Å². The van der Waals surface area contributed by atoms with Crippen LogP contribution >= 0.6 is 0 Å².